The van der Waals surface area contributed by atoms with E-state index >= 15 is 0 Å². The van der Waals surface area contributed by atoms with E-state index in [-0.39, 0.29) is 18.4 Å². The molecule has 7 nitrogen and oxygen atoms in total. The van der Waals surface area contributed by atoms with Crippen LogP contribution >= 0.6 is 0 Å². The summed E-state index contributed by atoms with van der Waals surface area (Å²) in [5.74, 6) is -0.0339. The van der Waals surface area contributed by atoms with Gasteiger partial charge in [0, 0.05) is 18.7 Å². The molecular formula is C21H30N4O3. The minimum atomic E-state index is -0.841. The van der Waals surface area contributed by atoms with Crippen molar-refractivity contribution in [2.75, 3.05) is 10.6 Å². The van der Waals surface area contributed by atoms with Gasteiger partial charge in [0.1, 0.15) is 0 Å². The molecule has 0 radical (unpaired) electrons. The molecular weight excluding hydrogens is 356 g/mol. The van der Waals surface area contributed by atoms with E-state index in [2.05, 4.69) is 43.4 Å². The first-order valence-electron chi connectivity index (χ1n) is 9.70. The number of anilines is 2. The van der Waals surface area contributed by atoms with E-state index < -0.39 is 5.97 Å². The van der Waals surface area contributed by atoms with Gasteiger partial charge >= 0.3 is 12.0 Å². The smallest absolute Gasteiger partial charge is 0.323 e. The Labute approximate surface area is 166 Å². The van der Waals surface area contributed by atoms with Gasteiger partial charge < -0.3 is 15.7 Å². The second kappa shape index (κ2) is 9.92. The Morgan fingerprint density at radius 3 is 2.57 bits per heavy atom. The van der Waals surface area contributed by atoms with Crippen LogP contribution in [0.25, 0.3) is 0 Å². The number of amides is 2. The topological polar surface area (TPSA) is 96.3 Å². The van der Waals surface area contributed by atoms with Crippen LogP contribution in [0.4, 0.5) is 16.2 Å². The number of hydrogen-bond acceptors (Lipinski definition) is 3. The van der Waals surface area contributed by atoms with Crippen molar-refractivity contribution in [3.05, 3.63) is 41.7 Å². The van der Waals surface area contributed by atoms with E-state index in [0.29, 0.717) is 23.7 Å². The standard InChI is InChI=1S/C21H30N4O3/c1-14(2)10-11-25-20(15(3)4)18(13-22-25)24-21(28)23-17-7-5-6-16(12-17)8-9-19(26)27/h5-7,12-15H,8-11H2,1-4H3,(H,26,27)(H2,23,24,28). The van der Waals surface area contributed by atoms with Crippen LogP contribution in [0.15, 0.2) is 30.5 Å². The number of aryl methyl sites for hydroxylation is 2. The van der Waals surface area contributed by atoms with Gasteiger partial charge in [-0.25, -0.2) is 4.79 Å². The van der Waals surface area contributed by atoms with Gasteiger partial charge in [-0.15, -0.1) is 0 Å². The Morgan fingerprint density at radius 2 is 1.93 bits per heavy atom. The lowest BCUT2D eigenvalue weighted by Gasteiger charge is -2.14. The zero-order valence-corrected chi connectivity index (χ0v) is 17.0. The largest absolute Gasteiger partial charge is 0.481 e. The number of urea groups is 1. The molecule has 1 aromatic heterocycles. The highest BCUT2D eigenvalue weighted by Crippen LogP contribution is 2.25. The van der Waals surface area contributed by atoms with Crippen LogP contribution in [0, 0.1) is 5.92 Å². The Kier molecular flexibility index (Phi) is 7.61. The van der Waals surface area contributed by atoms with Gasteiger partial charge in [0.05, 0.1) is 17.6 Å². The maximum Gasteiger partial charge on any atom is 0.323 e. The van der Waals surface area contributed by atoms with Crippen molar-refractivity contribution in [1.82, 2.24) is 9.78 Å². The Balaban J connectivity index is 2.05. The lowest BCUT2D eigenvalue weighted by molar-refractivity contribution is -0.136. The van der Waals surface area contributed by atoms with E-state index in [4.69, 9.17) is 5.11 Å². The maximum atomic E-state index is 12.5. The summed E-state index contributed by atoms with van der Waals surface area (Å²) in [5, 5.41) is 19.0. The highest BCUT2D eigenvalue weighted by molar-refractivity contribution is 6.00. The van der Waals surface area contributed by atoms with Gasteiger partial charge in [0.15, 0.2) is 0 Å². The van der Waals surface area contributed by atoms with Crippen LogP contribution in [0.5, 0.6) is 0 Å². The second-order valence-electron chi connectivity index (χ2n) is 7.68. The summed E-state index contributed by atoms with van der Waals surface area (Å²) in [4.78, 5) is 23.2. The van der Waals surface area contributed by atoms with Crippen LogP contribution in [0.2, 0.25) is 0 Å². The summed E-state index contributed by atoms with van der Waals surface area (Å²) in [6, 6.07) is 6.87. The molecule has 0 fully saturated rings. The van der Waals surface area contributed by atoms with Crippen molar-refractivity contribution in [3.8, 4) is 0 Å². The van der Waals surface area contributed by atoms with Crippen LogP contribution in [-0.2, 0) is 17.8 Å². The molecule has 0 bridgehead atoms. The van der Waals surface area contributed by atoms with Crippen molar-refractivity contribution in [1.29, 1.82) is 0 Å². The third kappa shape index (κ3) is 6.40. The molecule has 0 saturated heterocycles. The van der Waals surface area contributed by atoms with E-state index in [9.17, 15) is 9.59 Å². The van der Waals surface area contributed by atoms with Gasteiger partial charge in [-0.05, 0) is 42.4 Å². The molecule has 0 aliphatic rings. The minimum absolute atomic E-state index is 0.0585. The number of carbonyl (C=O) groups is 2. The number of aliphatic carboxylic acids is 1. The third-order valence-corrected chi connectivity index (χ3v) is 4.41. The molecule has 2 amide bonds. The summed E-state index contributed by atoms with van der Waals surface area (Å²) in [5.41, 5.74) is 3.20. The van der Waals surface area contributed by atoms with Gasteiger partial charge in [0.25, 0.3) is 0 Å². The first-order valence-corrected chi connectivity index (χ1v) is 9.70. The molecule has 28 heavy (non-hydrogen) atoms. The molecule has 152 valence electrons. The molecule has 0 saturated carbocycles. The van der Waals surface area contributed by atoms with Crippen LogP contribution in [-0.4, -0.2) is 26.9 Å². The number of aromatic nitrogens is 2. The number of nitrogens with zero attached hydrogens (tertiary/aromatic N) is 2. The van der Waals surface area contributed by atoms with Gasteiger partial charge in [-0.1, -0.05) is 39.8 Å². The van der Waals surface area contributed by atoms with E-state index in [0.717, 1.165) is 24.2 Å². The summed E-state index contributed by atoms with van der Waals surface area (Å²) < 4.78 is 1.97. The second-order valence-corrected chi connectivity index (χ2v) is 7.68. The zero-order chi connectivity index (χ0) is 20.7. The van der Waals surface area contributed by atoms with Crippen molar-refractivity contribution < 1.29 is 14.7 Å². The Hall–Kier alpha value is -2.83. The fourth-order valence-corrected chi connectivity index (χ4v) is 3.00. The van der Waals surface area contributed by atoms with E-state index in [1.165, 1.54) is 0 Å². The molecule has 1 heterocycles. The fraction of sp³-hybridized carbons (Fsp3) is 0.476. The van der Waals surface area contributed by atoms with Crippen LogP contribution in [0.1, 0.15) is 57.7 Å². The summed E-state index contributed by atoms with van der Waals surface area (Å²) in [6.45, 7) is 9.33. The predicted molar refractivity (Wildman–Crippen MR) is 111 cm³/mol. The molecule has 2 rings (SSSR count). The summed E-state index contributed by atoms with van der Waals surface area (Å²) in [7, 11) is 0. The summed E-state index contributed by atoms with van der Waals surface area (Å²) in [6.07, 6.45) is 3.20. The van der Waals surface area contributed by atoms with Gasteiger partial charge in [-0.3, -0.25) is 9.48 Å². The summed E-state index contributed by atoms with van der Waals surface area (Å²) >= 11 is 0. The molecule has 0 aliphatic carbocycles. The number of nitrogens with one attached hydrogen (secondary N) is 2. The first-order chi connectivity index (χ1) is 13.3. The normalized spacial score (nSPS) is 11.1. The fourth-order valence-electron chi connectivity index (χ4n) is 3.00. The Bertz CT molecular complexity index is 812. The Morgan fingerprint density at radius 1 is 1.18 bits per heavy atom. The average molecular weight is 386 g/mol. The molecule has 0 unspecified atom stereocenters. The average Bonchev–Trinajstić information content (AvgIpc) is 3.01. The number of benzene rings is 1. The van der Waals surface area contributed by atoms with Crippen LogP contribution < -0.4 is 10.6 Å². The maximum absolute atomic E-state index is 12.5. The van der Waals surface area contributed by atoms with Crippen molar-refractivity contribution in [2.45, 2.75) is 59.4 Å². The zero-order valence-electron chi connectivity index (χ0n) is 17.0. The highest BCUT2D eigenvalue weighted by Gasteiger charge is 2.16. The lowest BCUT2D eigenvalue weighted by Crippen LogP contribution is -2.20. The third-order valence-electron chi connectivity index (χ3n) is 4.41. The molecule has 0 atom stereocenters. The molecule has 0 aliphatic heterocycles. The van der Waals surface area contributed by atoms with Crippen LogP contribution in [0.3, 0.4) is 0 Å². The van der Waals surface area contributed by atoms with Crippen molar-refractivity contribution >= 4 is 23.4 Å². The lowest BCUT2D eigenvalue weighted by atomic mass is 10.1. The number of rotatable bonds is 9. The van der Waals surface area contributed by atoms with Crippen molar-refractivity contribution in [3.63, 3.8) is 0 Å². The first kappa shape index (κ1) is 21.5. The van der Waals surface area contributed by atoms with E-state index in [1.54, 1.807) is 24.4 Å². The molecule has 2 aromatic rings. The monoisotopic (exact) mass is 386 g/mol. The molecule has 1 aromatic carbocycles. The number of carbonyl (C=O) groups excluding carboxylic acids is 1. The molecule has 7 heteroatoms. The van der Waals surface area contributed by atoms with E-state index in [1.807, 2.05) is 10.7 Å². The predicted octanol–water partition coefficient (Wildman–Crippen LogP) is 4.71. The molecule has 3 N–H and O–H groups in total. The SMILES string of the molecule is CC(C)CCn1ncc(NC(=O)Nc2cccc(CCC(=O)O)c2)c1C(C)C. The number of hydrogen-bond donors (Lipinski definition) is 3. The number of carboxylic acid groups (broad SMARTS) is 1. The highest BCUT2D eigenvalue weighted by atomic mass is 16.4. The van der Waals surface area contributed by atoms with Gasteiger partial charge in [-0.2, -0.15) is 5.10 Å². The quantitative estimate of drug-likeness (QED) is 0.581. The number of carboxylic acids is 1. The minimum Gasteiger partial charge on any atom is -0.481 e. The van der Waals surface area contributed by atoms with Crippen molar-refractivity contribution in [2.24, 2.45) is 5.92 Å². The van der Waals surface area contributed by atoms with Gasteiger partial charge in [0.2, 0.25) is 0 Å². The molecule has 0 spiro atoms.